The number of nitrogens with zero attached hydrogens (tertiary/aromatic N) is 1. The fraction of sp³-hybridized carbons (Fsp3) is 0.414. The molecule has 8 atom stereocenters. The fourth-order valence-corrected chi connectivity index (χ4v) is 12.9. The zero-order chi connectivity index (χ0) is 65.3. The monoisotopic (exact) mass is 1260 g/mol. The molecule has 0 aromatic heterocycles. The molecule has 2 fully saturated rings. The first-order valence-electron chi connectivity index (χ1n) is 30.7. The third kappa shape index (κ3) is 21.8. The Hall–Kier alpha value is -8.66. The van der Waals surface area contributed by atoms with Gasteiger partial charge in [-0.3, -0.25) is 47.9 Å². The number of amides is 4. The third-order valence-corrected chi connectivity index (χ3v) is 17.4. The van der Waals surface area contributed by atoms with Crippen LogP contribution in [0.3, 0.4) is 0 Å². The van der Waals surface area contributed by atoms with E-state index in [0.717, 1.165) is 11.1 Å². The summed E-state index contributed by atoms with van der Waals surface area (Å²) in [6, 6.07) is 42.3. The Balaban J connectivity index is 1.01. The summed E-state index contributed by atoms with van der Waals surface area (Å²) in [4.78, 5) is 151. The average Bonchev–Trinajstić information content (AvgIpc) is 1.57. The van der Waals surface area contributed by atoms with Crippen molar-refractivity contribution >= 4 is 76.4 Å². The molecule has 21 heteroatoms. The molecule has 0 bridgehead atoms. The van der Waals surface area contributed by atoms with Gasteiger partial charge in [-0.2, -0.15) is 0 Å². The lowest BCUT2D eigenvalue weighted by Gasteiger charge is -2.44. The molecule has 4 amide bonds. The van der Waals surface area contributed by atoms with Gasteiger partial charge in [0.15, 0.2) is 12.6 Å². The van der Waals surface area contributed by atoms with E-state index in [1.807, 2.05) is 74.5 Å². The number of esters is 3. The second-order valence-corrected chi connectivity index (χ2v) is 25.3. The van der Waals surface area contributed by atoms with Gasteiger partial charge in [0.25, 0.3) is 0 Å². The summed E-state index contributed by atoms with van der Waals surface area (Å²) in [6.45, 7) is 3.93. The molecule has 2 aliphatic rings. The Bertz CT molecular complexity index is 3280. The second-order valence-electron chi connectivity index (χ2n) is 23.5. The van der Waals surface area contributed by atoms with Crippen molar-refractivity contribution in [2.45, 2.75) is 132 Å². The molecule has 20 nitrogen and oxygen atoms in total. The molecule has 2 heterocycles. The zero-order valence-electron chi connectivity index (χ0n) is 51.8. The number of carbonyl (C=O) groups is 11. The van der Waals surface area contributed by atoms with Crippen molar-refractivity contribution in [3.8, 4) is 0 Å². The van der Waals surface area contributed by atoms with Gasteiger partial charge in [-0.15, -0.1) is 11.8 Å². The van der Waals surface area contributed by atoms with Crippen molar-refractivity contribution in [2.75, 3.05) is 33.8 Å². The highest BCUT2D eigenvalue weighted by molar-refractivity contribution is 8.01. The smallest absolute Gasteiger partial charge is 0.331 e. The van der Waals surface area contributed by atoms with Gasteiger partial charge >= 0.3 is 17.9 Å². The van der Waals surface area contributed by atoms with Crippen molar-refractivity contribution in [2.24, 2.45) is 17.8 Å². The number of thioether (sulfide) groups is 1. The average molecular weight is 1260 g/mol. The molecule has 2 saturated heterocycles. The Kier molecular flexibility index (Phi) is 26.9. The molecule has 0 saturated carbocycles. The molecule has 5 aromatic rings. The number of likely N-dealkylation sites (N-methyl/N-ethyl adjacent to an activating group) is 1. The minimum atomic E-state index is -1.40. The Morgan fingerprint density at radius 2 is 1.10 bits per heavy atom. The molecule has 0 radical (unpaired) electrons. The number of nitrogens with one attached hydrogen (secondary N) is 4. The topological polar surface area (TPSA) is 276 Å². The minimum absolute atomic E-state index is 0.00150. The number of β-lactam (4-membered cyclic amide) rings is 1. The van der Waals surface area contributed by atoms with Gasteiger partial charge in [0.1, 0.15) is 46.8 Å². The molecule has 482 valence electrons. The lowest BCUT2D eigenvalue weighted by Crippen LogP contribution is -2.71. The maximum Gasteiger partial charge on any atom is 0.331 e. The van der Waals surface area contributed by atoms with E-state index in [1.165, 1.54) is 23.6 Å². The molecule has 2 aliphatic heterocycles. The maximum absolute atomic E-state index is 15.0. The highest BCUT2D eigenvalue weighted by Crippen LogP contribution is 2.51. The Morgan fingerprint density at radius 3 is 1.67 bits per heavy atom. The largest absolute Gasteiger partial charge is 0.438 e. The van der Waals surface area contributed by atoms with E-state index in [1.54, 1.807) is 98.0 Å². The standard InChI is InChI=1S/C70H81N5O15S/c1-46(76)34-59(79)73-58(38-50-28-16-8-17-29-50)69(86)90-45-89-67(84)53(35-47-22-10-5-11-23-47)41-56(78)42-55(77)40-52(62(81)57(37-49-26-14-7-15-27-49)68(85)88-44-87-43-54(71-4)36-48-24-12-6-13-25-48)32-20-21-33-72-64(82)63-70(2,3)91-66-61(65(83)75(63)66)74-60(80)39-51-30-18-9-19-31-51/h5-19,22-31,52-54,57-58,61,63,66,71H,20-21,32-45H2,1-4H3,(H,72,82)(H,73,79)(H,74,80)/t52-,53?,54?,57?,58?,61-,63+,66?/m1/s1. The van der Waals surface area contributed by atoms with Crippen LogP contribution in [0.5, 0.6) is 0 Å². The predicted octanol–water partition coefficient (Wildman–Crippen LogP) is 6.37. The number of hydrogen-bond donors (Lipinski definition) is 4. The number of unbranched alkanes of at least 4 members (excludes halogenated alkanes) is 1. The summed E-state index contributed by atoms with van der Waals surface area (Å²) in [5.41, 5.74) is 3.85. The second kappa shape index (κ2) is 35.1. The number of fused-ring (bicyclic) bond motifs is 1. The van der Waals surface area contributed by atoms with Gasteiger partial charge < -0.3 is 45.1 Å². The van der Waals surface area contributed by atoms with Crippen molar-refractivity contribution in [3.63, 3.8) is 0 Å². The summed E-state index contributed by atoms with van der Waals surface area (Å²) in [5.74, 6) is -10.5. The van der Waals surface area contributed by atoms with Gasteiger partial charge in [-0.25, -0.2) is 4.79 Å². The highest BCUT2D eigenvalue weighted by atomic mass is 32.2. The number of carbonyl (C=O) groups excluding carboxylic acids is 11. The van der Waals surface area contributed by atoms with Gasteiger partial charge in [-0.05, 0) is 87.7 Å². The minimum Gasteiger partial charge on any atom is -0.438 e. The molecule has 5 unspecified atom stereocenters. The van der Waals surface area contributed by atoms with Gasteiger partial charge in [0.05, 0.1) is 31.8 Å². The van der Waals surface area contributed by atoms with E-state index in [-0.39, 0.29) is 69.5 Å². The molecule has 7 rings (SSSR count). The van der Waals surface area contributed by atoms with Crippen molar-refractivity contribution < 1.29 is 71.7 Å². The van der Waals surface area contributed by atoms with E-state index in [2.05, 4.69) is 21.3 Å². The lowest BCUT2D eigenvalue weighted by molar-refractivity contribution is -0.172. The van der Waals surface area contributed by atoms with E-state index in [0.29, 0.717) is 29.5 Å². The zero-order valence-corrected chi connectivity index (χ0v) is 52.7. The highest BCUT2D eigenvalue weighted by Gasteiger charge is 2.64. The first-order valence-corrected chi connectivity index (χ1v) is 31.5. The van der Waals surface area contributed by atoms with Crippen molar-refractivity contribution in [3.05, 3.63) is 179 Å². The SMILES string of the molecule is CNC(COCOC(=O)C(Cc1ccccc1)C(=O)[C@H](CCCCNC(=O)[C@@H]1N2C(=O)[C@@H](NC(=O)Cc3ccccc3)C2SC1(C)C)CC(=O)CC(=O)CC(Cc1ccccc1)C(=O)OCOC(=O)C(Cc1ccccc1)NC(=O)CC(C)=O)Cc1ccccc1. The number of hydrogen-bond acceptors (Lipinski definition) is 17. The first kappa shape index (κ1) is 69.8. The fourth-order valence-electron chi connectivity index (χ4n) is 11.2. The van der Waals surface area contributed by atoms with Crippen molar-refractivity contribution in [1.29, 1.82) is 0 Å². The molecule has 91 heavy (non-hydrogen) atoms. The predicted molar refractivity (Wildman–Crippen MR) is 339 cm³/mol. The van der Waals surface area contributed by atoms with Crippen LogP contribution in [0.4, 0.5) is 0 Å². The van der Waals surface area contributed by atoms with Crippen LogP contribution in [0.2, 0.25) is 0 Å². The summed E-state index contributed by atoms with van der Waals surface area (Å²) in [7, 11) is 1.79. The van der Waals surface area contributed by atoms with Crippen LogP contribution < -0.4 is 21.3 Å². The summed E-state index contributed by atoms with van der Waals surface area (Å²) in [5, 5.41) is 11.1. The lowest BCUT2D eigenvalue weighted by atomic mass is 9.82. The molecule has 0 aliphatic carbocycles. The van der Waals surface area contributed by atoms with Crippen LogP contribution in [0, 0.1) is 17.8 Å². The number of ketones is 4. The van der Waals surface area contributed by atoms with Crippen molar-refractivity contribution in [1.82, 2.24) is 26.2 Å². The molecule has 0 spiro atoms. The van der Waals surface area contributed by atoms with Gasteiger partial charge in [0.2, 0.25) is 30.4 Å². The van der Waals surface area contributed by atoms with Crippen LogP contribution in [-0.4, -0.2) is 138 Å². The Labute approximate surface area is 535 Å². The third-order valence-electron chi connectivity index (χ3n) is 15.9. The van der Waals surface area contributed by atoms with Crippen LogP contribution in [0.25, 0.3) is 0 Å². The number of rotatable bonds is 38. The molecule has 5 aromatic carbocycles. The summed E-state index contributed by atoms with van der Waals surface area (Å²) >= 11 is 1.43. The normalized spacial score (nSPS) is 17.1. The van der Waals surface area contributed by atoms with Gasteiger partial charge in [0, 0.05) is 42.5 Å². The number of benzene rings is 5. The van der Waals surface area contributed by atoms with Crippen LogP contribution in [0.1, 0.15) is 93.5 Å². The maximum atomic E-state index is 15.0. The molecule has 4 N–H and O–H groups in total. The van der Waals surface area contributed by atoms with E-state index >= 15 is 0 Å². The number of ether oxygens (including phenoxy) is 4. The Morgan fingerprint density at radius 1 is 0.582 bits per heavy atom. The quantitative estimate of drug-likeness (QED) is 0.0110. The molecular formula is C70H81N5O15S. The first-order chi connectivity index (χ1) is 43.8. The van der Waals surface area contributed by atoms with E-state index in [4.69, 9.17) is 18.9 Å². The summed E-state index contributed by atoms with van der Waals surface area (Å²) in [6.07, 6.45) is -0.777. The van der Waals surface area contributed by atoms with Crippen LogP contribution in [-0.2, 0) is 104 Å². The van der Waals surface area contributed by atoms with E-state index < -0.39 is 138 Å². The van der Waals surface area contributed by atoms with E-state index in [9.17, 15) is 52.7 Å². The van der Waals surface area contributed by atoms with Crippen LogP contribution in [0.15, 0.2) is 152 Å². The molecular weight excluding hydrogens is 1180 g/mol. The van der Waals surface area contributed by atoms with Crippen LogP contribution >= 0.6 is 11.8 Å². The summed E-state index contributed by atoms with van der Waals surface area (Å²) < 4.78 is 21.5. The number of Topliss-reactive ketones (excluding diaryl/α,β-unsaturated/α-hetero) is 4. The van der Waals surface area contributed by atoms with Gasteiger partial charge in [-0.1, -0.05) is 158 Å².